The van der Waals surface area contributed by atoms with E-state index in [2.05, 4.69) is 0 Å². The van der Waals surface area contributed by atoms with Crippen LogP contribution in [0.3, 0.4) is 0 Å². The highest BCUT2D eigenvalue weighted by Gasteiger charge is 2.30. The van der Waals surface area contributed by atoms with E-state index < -0.39 is 0 Å². The number of hydrogen-bond acceptors (Lipinski definition) is 8. The molecule has 8 heteroatoms. The second kappa shape index (κ2) is 9.02. The lowest BCUT2D eigenvalue weighted by molar-refractivity contribution is 1.97. The van der Waals surface area contributed by atoms with E-state index in [1.165, 1.54) is 47.0 Å². The first-order chi connectivity index (χ1) is 6.24. The lowest BCUT2D eigenvalue weighted by Crippen LogP contribution is -2.09. The lowest BCUT2D eigenvalue weighted by atomic mass is 11.8. The molecule has 0 nitrogen and oxygen atoms in total. The van der Waals surface area contributed by atoms with Crippen molar-refractivity contribution in [2.75, 3.05) is 0 Å². The van der Waals surface area contributed by atoms with Gasteiger partial charge in [0.2, 0.25) is 0 Å². The number of rotatable bonds is 8. The number of thiocarbonyl (C=S) groups is 4. The Kier molecular flexibility index (Phi) is 10.2. The van der Waals surface area contributed by atoms with E-state index in [-0.39, 0.29) is 2.74 Å². The molecule has 0 saturated heterocycles. The topological polar surface area (TPSA) is 0 Å². The van der Waals surface area contributed by atoms with E-state index in [1.807, 2.05) is 0 Å². The van der Waals surface area contributed by atoms with Crippen LogP contribution in [0.1, 0.15) is 0 Å². The molecule has 0 rings (SSSR count). The van der Waals surface area contributed by atoms with E-state index >= 15 is 0 Å². The predicted octanol–water partition coefficient (Wildman–Crippen LogP) is 4.36. The fraction of sp³-hybridized carbons (Fsp3) is 0.200. The Hall–Kier alpha value is 1.76. The molecule has 0 aliphatic heterocycles. The van der Waals surface area contributed by atoms with Gasteiger partial charge >= 0.3 is 0 Å². The Labute approximate surface area is 116 Å². The van der Waals surface area contributed by atoms with Gasteiger partial charge in [0.15, 0.2) is 2.74 Å². The Morgan fingerprint density at radius 2 is 0.846 bits per heavy atom. The van der Waals surface area contributed by atoms with E-state index in [1.54, 1.807) is 18.8 Å². The van der Waals surface area contributed by atoms with E-state index in [4.69, 9.17) is 48.9 Å². The molecular formula is C5H4S8. The summed E-state index contributed by atoms with van der Waals surface area (Å²) >= 11 is 25.1. The molecule has 0 aromatic rings. The van der Waals surface area contributed by atoms with E-state index in [9.17, 15) is 0 Å². The molecule has 0 heterocycles. The zero-order valence-electron chi connectivity index (χ0n) is 6.08. The van der Waals surface area contributed by atoms with Gasteiger partial charge in [0.25, 0.3) is 0 Å². The number of hydrogen-bond donors (Lipinski definition) is 0. The SMILES string of the molecule is S=CSC(SC=S)(SC=S)SC=S. The molecule has 0 aromatic carbocycles. The van der Waals surface area contributed by atoms with Crippen LogP contribution in [0.4, 0.5) is 0 Å². The van der Waals surface area contributed by atoms with Crippen LogP contribution in [0, 0.1) is 0 Å². The largest absolute Gasteiger partial charge is 0.172 e. The minimum atomic E-state index is -0.271. The molecule has 0 N–H and O–H groups in total. The van der Waals surface area contributed by atoms with Gasteiger partial charge in [0, 0.05) is 18.8 Å². The van der Waals surface area contributed by atoms with Crippen LogP contribution >= 0.6 is 95.9 Å². The van der Waals surface area contributed by atoms with Gasteiger partial charge in [-0.1, -0.05) is 95.9 Å². The second-order valence-electron chi connectivity index (χ2n) is 1.36. The van der Waals surface area contributed by atoms with Gasteiger partial charge in [-0.2, -0.15) is 0 Å². The summed E-state index contributed by atoms with van der Waals surface area (Å²) in [6, 6.07) is 0. The Balaban J connectivity index is 4.53. The fourth-order valence-electron chi connectivity index (χ4n) is 0.402. The summed E-state index contributed by atoms with van der Waals surface area (Å²) in [5.41, 5.74) is 0. The molecular weight excluding hydrogens is 317 g/mol. The molecule has 0 saturated carbocycles. The molecule has 0 atom stereocenters. The zero-order valence-corrected chi connectivity index (χ0v) is 12.6. The maximum atomic E-state index is 4.80. The molecule has 0 aromatic heterocycles. The van der Waals surface area contributed by atoms with Crippen LogP contribution in [0.2, 0.25) is 0 Å². The summed E-state index contributed by atoms with van der Waals surface area (Å²) in [7, 11) is 0. The Bertz CT molecular complexity index is 153. The van der Waals surface area contributed by atoms with Crippen molar-refractivity contribution in [2.24, 2.45) is 0 Å². The van der Waals surface area contributed by atoms with Crippen molar-refractivity contribution in [1.82, 2.24) is 0 Å². The van der Waals surface area contributed by atoms with Crippen molar-refractivity contribution >= 4 is 115 Å². The first kappa shape index (κ1) is 14.8. The zero-order chi connectivity index (χ0) is 10.2. The lowest BCUT2D eigenvalue weighted by Gasteiger charge is -2.23. The molecule has 0 aliphatic rings. The monoisotopic (exact) mass is 320 g/mol. The van der Waals surface area contributed by atoms with Gasteiger partial charge < -0.3 is 0 Å². The Morgan fingerprint density at radius 3 is 1.00 bits per heavy atom. The highest BCUT2D eigenvalue weighted by molar-refractivity contribution is 8.60. The first-order valence-corrected chi connectivity index (χ1v) is 8.11. The normalized spacial score (nSPS) is 10.5. The Morgan fingerprint density at radius 1 is 0.615 bits per heavy atom. The molecule has 0 spiro atoms. The van der Waals surface area contributed by atoms with Crippen LogP contribution in [-0.2, 0) is 0 Å². The third-order valence-corrected chi connectivity index (χ3v) is 6.93. The summed E-state index contributed by atoms with van der Waals surface area (Å²) in [5, 5.41) is 0. The third kappa shape index (κ3) is 6.03. The molecule has 72 valence electrons. The van der Waals surface area contributed by atoms with Crippen molar-refractivity contribution < 1.29 is 0 Å². The minimum Gasteiger partial charge on any atom is -0.0816 e. The van der Waals surface area contributed by atoms with Crippen LogP contribution < -0.4 is 0 Å². The van der Waals surface area contributed by atoms with Gasteiger partial charge in [-0.3, -0.25) is 0 Å². The van der Waals surface area contributed by atoms with Crippen molar-refractivity contribution in [2.45, 2.75) is 2.74 Å². The van der Waals surface area contributed by atoms with E-state index in [0.29, 0.717) is 0 Å². The highest BCUT2D eigenvalue weighted by atomic mass is 32.3. The molecule has 0 fully saturated rings. The summed E-state index contributed by atoms with van der Waals surface area (Å²) in [5.74, 6) is 0. The second-order valence-corrected chi connectivity index (χ2v) is 9.38. The average molecular weight is 321 g/mol. The third-order valence-electron chi connectivity index (χ3n) is 0.770. The highest BCUT2D eigenvalue weighted by Crippen LogP contribution is 2.52. The molecule has 0 aliphatic carbocycles. The standard InChI is InChI=1S/C5H4S8/c6-1-10-5(11-2-7,12-3-8)13-4-9/h1-4H. The number of thioether (sulfide) groups is 4. The molecule has 0 unspecified atom stereocenters. The van der Waals surface area contributed by atoms with Crippen LogP contribution in [0.25, 0.3) is 0 Å². The van der Waals surface area contributed by atoms with Crippen molar-refractivity contribution in [3.63, 3.8) is 0 Å². The van der Waals surface area contributed by atoms with Gasteiger partial charge in [0.1, 0.15) is 0 Å². The quantitative estimate of drug-likeness (QED) is 0.472. The summed E-state index contributed by atoms with van der Waals surface area (Å²) < 4.78 is 6.13. The first-order valence-electron chi connectivity index (χ1n) is 2.70. The van der Waals surface area contributed by atoms with E-state index in [0.717, 1.165) is 0 Å². The summed E-state index contributed by atoms with van der Waals surface area (Å²) in [6.07, 6.45) is 0. The maximum absolute atomic E-state index is 4.80. The predicted molar refractivity (Wildman–Crippen MR) is 87.7 cm³/mol. The van der Waals surface area contributed by atoms with Gasteiger partial charge in [0.05, 0.1) is 0 Å². The van der Waals surface area contributed by atoms with Gasteiger partial charge in [-0.15, -0.1) is 0 Å². The smallest absolute Gasteiger partial charge is 0.0816 e. The van der Waals surface area contributed by atoms with Crippen LogP contribution in [0.15, 0.2) is 0 Å². The average Bonchev–Trinajstić information content (AvgIpc) is 2.06. The van der Waals surface area contributed by atoms with Gasteiger partial charge in [-0.25, -0.2) is 0 Å². The van der Waals surface area contributed by atoms with Crippen LogP contribution in [0.5, 0.6) is 0 Å². The van der Waals surface area contributed by atoms with Crippen molar-refractivity contribution in [3.8, 4) is 0 Å². The molecule has 0 radical (unpaired) electrons. The molecule has 0 bridgehead atoms. The van der Waals surface area contributed by atoms with Crippen molar-refractivity contribution in [1.29, 1.82) is 0 Å². The summed E-state index contributed by atoms with van der Waals surface area (Å²) in [6.45, 7) is 0. The van der Waals surface area contributed by atoms with Crippen molar-refractivity contribution in [3.05, 3.63) is 0 Å². The van der Waals surface area contributed by atoms with Crippen LogP contribution in [-0.4, -0.2) is 21.5 Å². The minimum absolute atomic E-state index is 0.271. The summed E-state index contributed by atoms with van der Waals surface area (Å²) in [4.78, 5) is 0. The maximum Gasteiger partial charge on any atom is 0.172 e. The van der Waals surface area contributed by atoms with Gasteiger partial charge in [-0.05, 0) is 0 Å². The fourth-order valence-corrected chi connectivity index (χ4v) is 7.86. The molecule has 0 amide bonds. The molecule has 13 heavy (non-hydrogen) atoms.